The van der Waals surface area contributed by atoms with Gasteiger partial charge in [0.1, 0.15) is 6.33 Å². The number of morpholine rings is 1. The monoisotopic (exact) mass is 359 g/mol. The Balaban J connectivity index is 1.31. The number of amides is 1. The zero-order chi connectivity index (χ0) is 17.8. The predicted molar refractivity (Wildman–Crippen MR) is 96.5 cm³/mol. The van der Waals surface area contributed by atoms with Crippen molar-refractivity contribution in [1.82, 2.24) is 14.9 Å². The van der Waals surface area contributed by atoms with Gasteiger partial charge in [-0.25, -0.2) is 9.97 Å². The fraction of sp³-hybridized carbons (Fsp3) is 0.750. The van der Waals surface area contributed by atoms with Crippen molar-refractivity contribution >= 4 is 5.91 Å². The lowest BCUT2D eigenvalue weighted by Gasteiger charge is -2.44. The van der Waals surface area contributed by atoms with E-state index >= 15 is 0 Å². The van der Waals surface area contributed by atoms with Crippen LogP contribution in [0, 0.1) is 11.8 Å². The van der Waals surface area contributed by atoms with Crippen molar-refractivity contribution in [3.63, 3.8) is 0 Å². The molecule has 6 heteroatoms. The SMILES string of the molecule is O=C(CCc1cncnc1)N1CCO[C@]2(CCC[C@@H]2COCC2CC2)C1. The minimum atomic E-state index is -0.187. The number of aryl methyl sites for hydroxylation is 1. The van der Waals surface area contributed by atoms with Crippen LogP contribution in [0.1, 0.15) is 44.1 Å². The lowest BCUT2D eigenvalue weighted by atomic mass is 9.89. The van der Waals surface area contributed by atoms with E-state index in [9.17, 15) is 4.79 Å². The highest BCUT2D eigenvalue weighted by Crippen LogP contribution is 2.41. The zero-order valence-electron chi connectivity index (χ0n) is 15.4. The van der Waals surface area contributed by atoms with Crippen LogP contribution in [-0.2, 0) is 20.7 Å². The summed E-state index contributed by atoms with van der Waals surface area (Å²) in [6.07, 6.45) is 12.3. The Labute approximate surface area is 155 Å². The topological polar surface area (TPSA) is 64.6 Å². The lowest BCUT2D eigenvalue weighted by Crippen LogP contribution is -2.56. The second-order valence-electron chi connectivity index (χ2n) is 8.05. The van der Waals surface area contributed by atoms with Crippen molar-refractivity contribution in [2.45, 2.75) is 50.5 Å². The number of carbonyl (C=O) groups is 1. The third-order valence-corrected chi connectivity index (χ3v) is 6.07. The molecule has 1 spiro atoms. The maximum absolute atomic E-state index is 12.7. The molecule has 2 saturated carbocycles. The van der Waals surface area contributed by atoms with Gasteiger partial charge in [-0.05, 0) is 43.6 Å². The van der Waals surface area contributed by atoms with Gasteiger partial charge in [0.25, 0.3) is 0 Å². The molecule has 4 rings (SSSR count). The van der Waals surface area contributed by atoms with E-state index < -0.39 is 0 Å². The van der Waals surface area contributed by atoms with E-state index in [1.165, 1.54) is 25.6 Å². The normalized spacial score (nSPS) is 28.6. The predicted octanol–water partition coefficient (Wildman–Crippen LogP) is 2.23. The number of rotatable bonds is 7. The van der Waals surface area contributed by atoms with Gasteiger partial charge in [0.15, 0.2) is 0 Å². The molecule has 1 aromatic rings. The number of carbonyl (C=O) groups excluding carboxylic acids is 1. The third-order valence-electron chi connectivity index (χ3n) is 6.07. The Hall–Kier alpha value is -1.53. The third kappa shape index (κ3) is 4.23. The number of ether oxygens (including phenoxy) is 2. The Morgan fingerprint density at radius 3 is 2.92 bits per heavy atom. The summed E-state index contributed by atoms with van der Waals surface area (Å²) in [4.78, 5) is 22.8. The first-order chi connectivity index (χ1) is 12.8. The van der Waals surface area contributed by atoms with Crippen LogP contribution >= 0.6 is 0 Å². The summed E-state index contributed by atoms with van der Waals surface area (Å²) in [5.41, 5.74) is 0.823. The van der Waals surface area contributed by atoms with Crippen molar-refractivity contribution in [3.8, 4) is 0 Å². The molecule has 0 N–H and O–H groups in total. The van der Waals surface area contributed by atoms with Gasteiger partial charge >= 0.3 is 0 Å². The van der Waals surface area contributed by atoms with Crippen LogP contribution < -0.4 is 0 Å². The molecule has 3 fully saturated rings. The van der Waals surface area contributed by atoms with Crippen molar-refractivity contribution in [3.05, 3.63) is 24.3 Å². The molecule has 26 heavy (non-hydrogen) atoms. The van der Waals surface area contributed by atoms with Gasteiger partial charge < -0.3 is 14.4 Å². The van der Waals surface area contributed by atoms with Crippen LogP contribution in [0.2, 0.25) is 0 Å². The molecular formula is C20H29N3O3. The molecule has 1 aliphatic heterocycles. The molecule has 6 nitrogen and oxygen atoms in total. The van der Waals surface area contributed by atoms with E-state index in [0.717, 1.165) is 37.5 Å². The summed E-state index contributed by atoms with van der Waals surface area (Å²) >= 11 is 0. The molecule has 1 aromatic heterocycles. The van der Waals surface area contributed by atoms with Gasteiger partial charge in [-0.2, -0.15) is 0 Å². The lowest BCUT2D eigenvalue weighted by molar-refractivity contribution is -0.162. The minimum Gasteiger partial charge on any atom is -0.381 e. The first kappa shape index (κ1) is 17.9. The summed E-state index contributed by atoms with van der Waals surface area (Å²) in [5, 5.41) is 0. The maximum Gasteiger partial charge on any atom is 0.223 e. The van der Waals surface area contributed by atoms with Gasteiger partial charge in [-0.1, -0.05) is 6.42 Å². The Kier molecular flexibility index (Phi) is 5.50. The van der Waals surface area contributed by atoms with E-state index in [0.29, 0.717) is 38.5 Å². The van der Waals surface area contributed by atoms with E-state index in [2.05, 4.69) is 9.97 Å². The fourth-order valence-corrected chi connectivity index (χ4v) is 4.30. The Morgan fingerprint density at radius 1 is 1.27 bits per heavy atom. The zero-order valence-corrected chi connectivity index (χ0v) is 15.4. The molecular weight excluding hydrogens is 330 g/mol. The Morgan fingerprint density at radius 2 is 2.12 bits per heavy atom. The van der Waals surface area contributed by atoms with Crippen LogP contribution in [0.3, 0.4) is 0 Å². The summed E-state index contributed by atoms with van der Waals surface area (Å²) in [5.74, 6) is 1.42. The number of nitrogens with zero attached hydrogens (tertiary/aromatic N) is 3. The van der Waals surface area contributed by atoms with E-state index in [4.69, 9.17) is 9.47 Å². The molecule has 1 saturated heterocycles. The van der Waals surface area contributed by atoms with Crippen LogP contribution in [-0.4, -0.2) is 59.3 Å². The quantitative estimate of drug-likeness (QED) is 0.747. The highest BCUT2D eigenvalue weighted by molar-refractivity contribution is 5.76. The Bertz CT molecular complexity index is 608. The van der Waals surface area contributed by atoms with Gasteiger partial charge in [-0.3, -0.25) is 4.79 Å². The van der Waals surface area contributed by atoms with Gasteiger partial charge in [0, 0.05) is 37.9 Å². The largest absolute Gasteiger partial charge is 0.381 e. The molecule has 1 amide bonds. The number of hydrogen-bond donors (Lipinski definition) is 0. The van der Waals surface area contributed by atoms with E-state index in [1.54, 1.807) is 12.4 Å². The van der Waals surface area contributed by atoms with E-state index in [1.807, 2.05) is 4.90 Å². The van der Waals surface area contributed by atoms with Gasteiger partial charge in [0.2, 0.25) is 5.91 Å². The summed E-state index contributed by atoms with van der Waals surface area (Å²) in [6, 6.07) is 0. The van der Waals surface area contributed by atoms with Crippen molar-refractivity contribution in [1.29, 1.82) is 0 Å². The average molecular weight is 359 g/mol. The second-order valence-corrected chi connectivity index (χ2v) is 8.05. The van der Waals surface area contributed by atoms with Crippen LogP contribution in [0.25, 0.3) is 0 Å². The standard InChI is InChI=1S/C20H29N3O3/c24-19(6-5-17-10-21-15-22-11-17)23-8-9-26-20(14-23)7-1-2-18(20)13-25-12-16-3-4-16/h10-11,15-16,18H,1-9,12-14H2/t18-,20-/m1/s1. The molecule has 0 radical (unpaired) electrons. The average Bonchev–Trinajstić information content (AvgIpc) is 3.43. The molecule has 2 heterocycles. The second kappa shape index (κ2) is 8.01. The first-order valence-electron chi connectivity index (χ1n) is 9.98. The molecule has 0 unspecified atom stereocenters. The fourth-order valence-electron chi connectivity index (χ4n) is 4.30. The highest BCUT2D eigenvalue weighted by atomic mass is 16.5. The molecule has 2 aliphatic carbocycles. The minimum absolute atomic E-state index is 0.187. The van der Waals surface area contributed by atoms with Crippen molar-refractivity contribution < 1.29 is 14.3 Å². The molecule has 3 aliphatic rings. The van der Waals surface area contributed by atoms with Gasteiger partial charge in [-0.15, -0.1) is 0 Å². The smallest absolute Gasteiger partial charge is 0.223 e. The summed E-state index contributed by atoms with van der Waals surface area (Å²) in [6.45, 7) is 3.73. The molecule has 2 atom stereocenters. The van der Waals surface area contributed by atoms with E-state index in [-0.39, 0.29) is 11.5 Å². The number of aromatic nitrogens is 2. The van der Waals surface area contributed by atoms with Gasteiger partial charge in [0.05, 0.1) is 25.4 Å². The molecule has 0 bridgehead atoms. The first-order valence-corrected chi connectivity index (χ1v) is 9.98. The summed E-state index contributed by atoms with van der Waals surface area (Å²) < 4.78 is 12.2. The highest BCUT2D eigenvalue weighted by Gasteiger charge is 2.47. The number of hydrogen-bond acceptors (Lipinski definition) is 5. The van der Waals surface area contributed by atoms with Crippen LogP contribution in [0.4, 0.5) is 0 Å². The summed E-state index contributed by atoms with van der Waals surface area (Å²) in [7, 11) is 0. The van der Waals surface area contributed by atoms with Crippen molar-refractivity contribution in [2.24, 2.45) is 11.8 Å². The molecule has 0 aromatic carbocycles. The van der Waals surface area contributed by atoms with Crippen molar-refractivity contribution in [2.75, 3.05) is 32.9 Å². The van der Waals surface area contributed by atoms with Crippen LogP contribution in [0.5, 0.6) is 0 Å². The maximum atomic E-state index is 12.7. The molecule has 142 valence electrons. The van der Waals surface area contributed by atoms with Crippen LogP contribution in [0.15, 0.2) is 18.7 Å².